The number of anilines is 6. The molecule has 4 aromatic carbocycles. The third-order valence-corrected chi connectivity index (χ3v) is 13.8. The number of benzene rings is 4. The first-order chi connectivity index (χ1) is 32.7. The van der Waals surface area contributed by atoms with E-state index in [1.54, 1.807) is 48.5 Å². The molecule has 5 aromatic rings. The van der Waals surface area contributed by atoms with Crippen LogP contribution in [0.3, 0.4) is 0 Å². The fourth-order valence-electron chi connectivity index (χ4n) is 7.53. The van der Waals surface area contributed by atoms with E-state index in [0.717, 1.165) is 43.3 Å². The van der Waals surface area contributed by atoms with E-state index in [1.807, 2.05) is 43.3 Å². The quantitative estimate of drug-likeness (QED) is 0.0230. The number of thioether (sulfide) groups is 1. The Morgan fingerprint density at radius 2 is 1.25 bits per heavy atom. The summed E-state index contributed by atoms with van der Waals surface area (Å²) in [6.07, 6.45) is 4.75. The number of nitrogen functional groups attached to an aromatic ring is 1. The Bertz CT molecular complexity index is 2550. The molecule has 3 heterocycles. The van der Waals surface area contributed by atoms with Crippen molar-refractivity contribution in [3.05, 3.63) is 124 Å². The number of thiazole rings is 1. The summed E-state index contributed by atoms with van der Waals surface area (Å²) in [5, 5.41) is 25.5. The van der Waals surface area contributed by atoms with Crippen molar-refractivity contribution in [3.8, 4) is 12.1 Å². The molecule has 0 spiro atoms. The van der Waals surface area contributed by atoms with Crippen LogP contribution in [0.5, 0.6) is 0 Å². The van der Waals surface area contributed by atoms with Crippen LogP contribution in [-0.2, 0) is 0 Å². The summed E-state index contributed by atoms with van der Waals surface area (Å²) in [6, 6.07) is 35.1. The van der Waals surface area contributed by atoms with E-state index in [0.29, 0.717) is 60.0 Å². The number of Topliss-reactive ketones (excluding diaryl/α,β-unsaturated/α-hetero) is 1. The maximum atomic E-state index is 12.8. The number of hydrogen-bond donors (Lipinski definition) is 4. The lowest BCUT2D eigenvalue weighted by molar-refractivity contribution is 0.102. The van der Waals surface area contributed by atoms with Gasteiger partial charge in [-0.2, -0.15) is 25.4 Å². The van der Waals surface area contributed by atoms with E-state index in [2.05, 4.69) is 109 Å². The maximum absolute atomic E-state index is 12.8. The van der Waals surface area contributed by atoms with Gasteiger partial charge in [0, 0.05) is 72.1 Å². The fourth-order valence-corrected chi connectivity index (χ4v) is 9.45. The molecule has 0 saturated carbocycles. The Morgan fingerprint density at radius 3 is 1.67 bits per heavy atom. The Balaban J connectivity index is 0.000000247. The summed E-state index contributed by atoms with van der Waals surface area (Å²) in [4.78, 5) is 42.2. The molecular formula is C50H62BrN12O2PS3. The number of thiocarbonyl (C=S) groups is 1. The number of nitriles is 2. The summed E-state index contributed by atoms with van der Waals surface area (Å²) in [5.41, 5.74) is 18.3. The molecule has 6 N–H and O–H groups in total. The highest BCUT2D eigenvalue weighted by Crippen LogP contribution is 2.31. The van der Waals surface area contributed by atoms with Crippen molar-refractivity contribution in [1.29, 1.82) is 10.5 Å². The highest BCUT2D eigenvalue weighted by atomic mass is 79.9. The van der Waals surface area contributed by atoms with Crippen LogP contribution in [0.15, 0.2) is 102 Å². The Morgan fingerprint density at radius 1 is 0.797 bits per heavy atom. The van der Waals surface area contributed by atoms with Crippen molar-refractivity contribution < 1.29 is 9.59 Å². The number of nitrogens with zero attached hydrogens (tertiary/aromatic N) is 8. The number of amidine groups is 1. The zero-order chi connectivity index (χ0) is 49.2. The lowest BCUT2D eigenvalue weighted by atomic mass is 10.0. The molecule has 14 nitrogen and oxygen atoms in total. The third-order valence-electron chi connectivity index (χ3n) is 11.5. The second-order valence-corrected chi connectivity index (χ2v) is 19.6. The highest BCUT2D eigenvalue weighted by Gasteiger charge is 2.23. The summed E-state index contributed by atoms with van der Waals surface area (Å²) in [6.45, 7) is 6.34. The molecule has 2 fully saturated rings. The zero-order valence-corrected chi connectivity index (χ0v) is 45.3. The van der Waals surface area contributed by atoms with Crippen molar-refractivity contribution in [2.45, 2.75) is 44.7 Å². The number of halogens is 1. The number of piperidine rings is 2. The number of nitrogens with two attached hydrogens (primary N) is 2. The summed E-state index contributed by atoms with van der Waals surface area (Å²) in [7, 11) is 8.63. The van der Waals surface area contributed by atoms with Crippen LogP contribution < -0.4 is 31.9 Å². The third kappa shape index (κ3) is 17.2. The van der Waals surface area contributed by atoms with Gasteiger partial charge in [-0.05, 0) is 157 Å². The number of hydrogen-bond acceptors (Lipinski definition) is 14. The van der Waals surface area contributed by atoms with Gasteiger partial charge in [-0.15, -0.1) is 0 Å². The molecule has 0 bridgehead atoms. The highest BCUT2D eigenvalue weighted by molar-refractivity contribution is 9.09. The number of alkyl halides is 1. The molecule has 0 aliphatic carbocycles. The van der Waals surface area contributed by atoms with Crippen molar-refractivity contribution >= 4 is 117 Å². The summed E-state index contributed by atoms with van der Waals surface area (Å²) >= 11 is 11.0. The molecule has 19 heteroatoms. The summed E-state index contributed by atoms with van der Waals surface area (Å²) in [5.74, 6) is 0.915. The van der Waals surface area contributed by atoms with Gasteiger partial charge in [-0.25, -0.2) is 4.98 Å². The van der Waals surface area contributed by atoms with Gasteiger partial charge < -0.3 is 41.7 Å². The molecule has 7 rings (SSSR count). The standard InChI is InChI=1S/C24H26N6OS.C17H27N5S2.C9H6BrNO.H3P/c1-29(2)19-11-13-30(14-12-19)20-9-7-18(8-10-20)27-24-28-23(26)22(32-24)21(31)17-5-3-16(15-25)4-6-17;1-4-24-16(18)20-17(23)19-13-5-7-15(8-6-13)22-11-9-14(10-12-22)21(2)3;10-5-9(12)8-3-1-7(6-11)2-4-8;/h3-10,19H,11-14,26H2,1-2H3,(H,27,28);5-8,14H,4,9-12H2,1-3H3,(H3,18,19,20,23);1-4H,5H2;1H3. The van der Waals surface area contributed by atoms with E-state index >= 15 is 0 Å². The maximum Gasteiger partial charge on any atom is 0.206 e. The molecule has 2 aliphatic rings. The second-order valence-electron chi connectivity index (χ2n) is 16.4. The lowest BCUT2D eigenvalue weighted by Gasteiger charge is -2.36. The van der Waals surface area contributed by atoms with E-state index in [-0.39, 0.29) is 27.3 Å². The van der Waals surface area contributed by atoms with Gasteiger partial charge in [0.25, 0.3) is 0 Å². The molecule has 1 aromatic heterocycles. The number of aromatic nitrogens is 1. The number of ketones is 2. The fraction of sp³-hybridized carbons (Fsp3) is 0.340. The first-order valence-corrected chi connectivity index (χ1v) is 25.5. The first kappa shape index (κ1) is 56.2. The summed E-state index contributed by atoms with van der Waals surface area (Å²) < 4.78 is 0. The largest absolute Gasteiger partial charge is 0.382 e. The Hall–Kier alpha value is -5.43. The topological polar surface area (TPSA) is 196 Å². The number of aliphatic imine (C=N–C) groups is 1. The van der Waals surface area contributed by atoms with Gasteiger partial charge in [0.2, 0.25) is 5.78 Å². The minimum Gasteiger partial charge on any atom is -0.382 e. The van der Waals surface area contributed by atoms with Crippen molar-refractivity contribution in [2.24, 2.45) is 10.7 Å². The molecule has 2 aliphatic heterocycles. The van der Waals surface area contributed by atoms with Crippen LogP contribution in [0.25, 0.3) is 0 Å². The first-order valence-electron chi connectivity index (χ1n) is 22.2. The van der Waals surface area contributed by atoms with E-state index in [4.69, 9.17) is 34.2 Å². The Labute approximate surface area is 432 Å². The molecule has 1 unspecified atom stereocenters. The molecule has 2 saturated heterocycles. The van der Waals surface area contributed by atoms with Crippen molar-refractivity contribution in [1.82, 2.24) is 14.8 Å². The van der Waals surface area contributed by atoms with E-state index in [9.17, 15) is 9.59 Å². The van der Waals surface area contributed by atoms with Crippen LogP contribution in [0.2, 0.25) is 0 Å². The van der Waals surface area contributed by atoms with Crippen LogP contribution in [0.4, 0.5) is 33.7 Å². The predicted octanol–water partition coefficient (Wildman–Crippen LogP) is 9.28. The zero-order valence-electron chi connectivity index (χ0n) is 39.8. The molecule has 0 amide bonds. The average Bonchev–Trinajstić information content (AvgIpc) is 3.73. The van der Waals surface area contributed by atoms with E-state index in [1.165, 1.54) is 60.2 Å². The van der Waals surface area contributed by atoms with Crippen LogP contribution in [0.1, 0.15) is 69.3 Å². The van der Waals surface area contributed by atoms with Crippen molar-refractivity contribution in [2.75, 3.05) is 91.6 Å². The second kappa shape index (κ2) is 28.3. The normalized spacial score (nSPS) is 14.0. The predicted molar refractivity (Wildman–Crippen MR) is 301 cm³/mol. The van der Waals surface area contributed by atoms with Gasteiger partial charge in [0.1, 0.15) is 10.7 Å². The van der Waals surface area contributed by atoms with Gasteiger partial charge in [0.15, 0.2) is 21.2 Å². The molecular weight excluding hydrogens is 1010 g/mol. The van der Waals surface area contributed by atoms with Crippen LogP contribution in [-0.4, -0.2) is 114 Å². The van der Waals surface area contributed by atoms with Gasteiger partial charge in [0.05, 0.1) is 28.6 Å². The number of rotatable bonds is 12. The monoisotopic (exact) mass is 1070 g/mol. The number of carbonyl (C=O) groups excluding carboxylic acids is 2. The minimum absolute atomic E-state index is 0. The van der Waals surface area contributed by atoms with Crippen LogP contribution >= 0.6 is 61.1 Å². The van der Waals surface area contributed by atoms with Gasteiger partial charge >= 0.3 is 0 Å². The molecule has 0 radical (unpaired) electrons. The molecule has 1 atom stereocenters. The minimum atomic E-state index is -0.200. The molecule has 364 valence electrons. The lowest BCUT2D eigenvalue weighted by Crippen LogP contribution is -2.41. The van der Waals surface area contributed by atoms with Crippen LogP contribution in [0, 0.1) is 22.7 Å². The molecule has 69 heavy (non-hydrogen) atoms. The average molecular weight is 1070 g/mol. The smallest absolute Gasteiger partial charge is 0.206 e. The number of nitrogens with one attached hydrogen (secondary N) is 2. The van der Waals surface area contributed by atoms with Crippen molar-refractivity contribution in [3.63, 3.8) is 0 Å². The Kier molecular flexibility index (Phi) is 23.0. The van der Waals surface area contributed by atoms with Gasteiger partial charge in [-0.3, -0.25) is 9.59 Å². The van der Waals surface area contributed by atoms with Gasteiger partial charge in [-0.1, -0.05) is 58.1 Å². The SMILES string of the molecule is CCSC(N)=NC(=S)Nc1ccc(N2CCC(N(C)C)CC2)cc1.CN(C)C1CCN(c2ccc(Nc3nc(N)c(C(=O)c4ccc(C#N)cc4)s3)cc2)CC1.N#Cc1ccc(C(=O)CBr)cc1.P. The number of carbonyl (C=O) groups is 2. The van der Waals surface area contributed by atoms with E-state index < -0.39 is 0 Å².